The monoisotopic (exact) mass is 306 g/mol. The van der Waals surface area contributed by atoms with E-state index < -0.39 is 0 Å². The van der Waals surface area contributed by atoms with Crippen LogP contribution in [0.15, 0.2) is 48.5 Å². The highest BCUT2D eigenvalue weighted by Gasteiger charge is 2.30. The molecule has 2 aliphatic rings. The van der Waals surface area contributed by atoms with E-state index in [9.17, 15) is 0 Å². The lowest BCUT2D eigenvalue weighted by molar-refractivity contribution is 0.0994. The molecule has 0 saturated carbocycles. The van der Waals surface area contributed by atoms with Crippen molar-refractivity contribution in [1.82, 2.24) is 9.80 Å². The predicted molar refractivity (Wildman–Crippen MR) is 96.5 cm³/mol. The molecule has 2 fully saturated rings. The molecule has 2 nitrogen and oxygen atoms in total. The molecular formula is C21H26N2. The third-order valence-corrected chi connectivity index (χ3v) is 5.46. The zero-order valence-electron chi connectivity index (χ0n) is 14.0. The molecule has 2 heterocycles. The fourth-order valence-corrected chi connectivity index (χ4v) is 4.19. The normalized spacial score (nSPS) is 22.2. The first-order valence-electron chi connectivity index (χ1n) is 8.91. The maximum atomic E-state index is 2.68. The molecule has 2 saturated heterocycles. The van der Waals surface area contributed by atoms with Crippen LogP contribution in [0.1, 0.15) is 24.0 Å². The highest BCUT2D eigenvalue weighted by atomic mass is 15.3. The van der Waals surface area contributed by atoms with Crippen molar-refractivity contribution in [1.29, 1.82) is 0 Å². The second-order valence-electron chi connectivity index (χ2n) is 7.08. The minimum absolute atomic E-state index is 0.809. The molecule has 0 radical (unpaired) electrons. The van der Waals surface area contributed by atoms with Gasteiger partial charge in [0, 0.05) is 32.2 Å². The Labute approximate surface area is 139 Å². The zero-order chi connectivity index (χ0) is 15.6. The Hall–Kier alpha value is -1.64. The summed E-state index contributed by atoms with van der Waals surface area (Å²) in [4.78, 5) is 5.32. The lowest BCUT2D eigenvalue weighted by Gasteiger charge is -2.37. The molecule has 0 amide bonds. The molecule has 120 valence electrons. The molecule has 0 bridgehead atoms. The molecule has 0 N–H and O–H groups in total. The van der Waals surface area contributed by atoms with Crippen LogP contribution < -0.4 is 0 Å². The third kappa shape index (κ3) is 3.19. The van der Waals surface area contributed by atoms with Crippen molar-refractivity contribution in [3.8, 4) is 11.1 Å². The fraction of sp³-hybridized carbons (Fsp3) is 0.429. The maximum absolute atomic E-state index is 2.68. The summed E-state index contributed by atoms with van der Waals surface area (Å²) in [5.41, 5.74) is 5.50. The molecule has 1 unspecified atom stereocenters. The lowest BCUT2D eigenvalue weighted by Crippen LogP contribution is -2.49. The molecule has 2 heteroatoms. The number of piperazine rings is 1. The minimum atomic E-state index is 0.809. The van der Waals surface area contributed by atoms with Gasteiger partial charge in [-0.05, 0) is 54.6 Å². The van der Waals surface area contributed by atoms with Gasteiger partial charge in [-0.1, -0.05) is 42.5 Å². The van der Waals surface area contributed by atoms with Gasteiger partial charge in [-0.3, -0.25) is 9.80 Å². The molecule has 4 rings (SSSR count). The van der Waals surface area contributed by atoms with Crippen LogP contribution in [-0.2, 0) is 6.54 Å². The van der Waals surface area contributed by atoms with Crippen molar-refractivity contribution in [2.24, 2.45) is 0 Å². The minimum Gasteiger partial charge on any atom is -0.298 e. The maximum Gasteiger partial charge on any atom is 0.0235 e. The van der Waals surface area contributed by atoms with Crippen molar-refractivity contribution >= 4 is 0 Å². The molecule has 0 spiro atoms. The van der Waals surface area contributed by atoms with Crippen molar-refractivity contribution in [3.05, 3.63) is 59.7 Å². The smallest absolute Gasteiger partial charge is 0.0235 e. The first kappa shape index (κ1) is 14.9. The first-order chi connectivity index (χ1) is 11.3. The van der Waals surface area contributed by atoms with E-state index in [1.165, 1.54) is 61.3 Å². The van der Waals surface area contributed by atoms with Crippen LogP contribution in [0.2, 0.25) is 0 Å². The van der Waals surface area contributed by atoms with E-state index in [0.29, 0.717) is 0 Å². The lowest BCUT2D eigenvalue weighted by atomic mass is 9.98. The number of rotatable bonds is 3. The second kappa shape index (κ2) is 6.46. The van der Waals surface area contributed by atoms with Crippen LogP contribution in [0, 0.1) is 6.92 Å². The van der Waals surface area contributed by atoms with Gasteiger partial charge in [-0.2, -0.15) is 0 Å². The van der Waals surface area contributed by atoms with E-state index >= 15 is 0 Å². The van der Waals surface area contributed by atoms with E-state index in [2.05, 4.69) is 65.3 Å². The van der Waals surface area contributed by atoms with Gasteiger partial charge < -0.3 is 0 Å². The van der Waals surface area contributed by atoms with E-state index in [-0.39, 0.29) is 0 Å². The van der Waals surface area contributed by atoms with E-state index in [4.69, 9.17) is 0 Å². The largest absolute Gasteiger partial charge is 0.298 e. The summed E-state index contributed by atoms with van der Waals surface area (Å²) >= 11 is 0. The Bertz CT molecular complexity index is 679. The standard InChI is InChI=1S/C21H26N2/c1-17-6-2-3-10-21(17)19-8-4-7-18(14-19)15-22-12-13-23-11-5-9-20(23)16-22/h2-4,6-8,10,14,20H,5,9,11-13,15-16H2,1H3. The molecule has 2 aromatic carbocycles. The van der Waals surface area contributed by atoms with Crippen LogP contribution in [0.4, 0.5) is 0 Å². The molecule has 2 aromatic rings. The number of benzene rings is 2. The number of nitrogens with zero attached hydrogens (tertiary/aromatic N) is 2. The quantitative estimate of drug-likeness (QED) is 0.847. The summed E-state index contributed by atoms with van der Waals surface area (Å²) in [6, 6.07) is 18.6. The molecule has 0 aliphatic carbocycles. The van der Waals surface area contributed by atoms with E-state index in [0.717, 1.165) is 12.6 Å². The Balaban J connectivity index is 1.50. The van der Waals surface area contributed by atoms with E-state index in [1.807, 2.05) is 0 Å². The summed E-state index contributed by atoms with van der Waals surface area (Å²) in [5.74, 6) is 0. The topological polar surface area (TPSA) is 6.48 Å². The molecule has 0 aromatic heterocycles. The summed E-state index contributed by atoms with van der Waals surface area (Å²) in [6.45, 7) is 8.31. The van der Waals surface area contributed by atoms with Gasteiger partial charge in [0.2, 0.25) is 0 Å². The summed E-state index contributed by atoms with van der Waals surface area (Å²) in [7, 11) is 0. The van der Waals surface area contributed by atoms with Gasteiger partial charge in [0.25, 0.3) is 0 Å². The number of hydrogen-bond donors (Lipinski definition) is 0. The Morgan fingerprint density at radius 3 is 2.83 bits per heavy atom. The Morgan fingerprint density at radius 1 is 1.00 bits per heavy atom. The van der Waals surface area contributed by atoms with Crippen molar-refractivity contribution < 1.29 is 0 Å². The van der Waals surface area contributed by atoms with E-state index in [1.54, 1.807) is 0 Å². The summed E-state index contributed by atoms with van der Waals surface area (Å²) < 4.78 is 0. The van der Waals surface area contributed by atoms with Crippen LogP contribution in [0.25, 0.3) is 11.1 Å². The molecular weight excluding hydrogens is 280 g/mol. The summed E-state index contributed by atoms with van der Waals surface area (Å²) in [5, 5.41) is 0. The molecule has 1 atom stereocenters. The van der Waals surface area contributed by atoms with Crippen LogP contribution in [0.5, 0.6) is 0 Å². The first-order valence-corrected chi connectivity index (χ1v) is 8.91. The SMILES string of the molecule is Cc1ccccc1-c1cccc(CN2CCN3CCCC3C2)c1. The Morgan fingerprint density at radius 2 is 1.91 bits per heavy atom. The third-order valence-electron chi connectivity index (χ3n) is 5.46. The van der Waals surface area contributed by atoms with Crippen LogP contribution in [-0.4, -0.2) is 42.0 Å². The number of hydrogen-bond acceptors (Lipinski definition) is 2. The highest BCUT2D eigenvalue weighted by molar-refractivity contribution is 5.67. The second-order valence-corrected chi connectivity index (χ2v) is 7.08. The average molecular weight is 306 g/mol. The molecule has 2 aliphatic heterocycles. The van der Waals surface area contributed by atoms with Gasteiger partial charge >= 0.3 is 0 Å². The van der Waals surface area contributed by atoms with Crippen molar-refractivity contribution in [2.45, 2.75) is 32.4 Å². The van der Waals surface area contributed by atoms with Gasteiger partial charge in [-0.25, -0.2) is 0 Å². The summed E-state index contributed by atoms with van der Waals surface area (Å²) in [6.07, 6.45) is 2.78. The van der Waals surface area contributed by atoms with Crippen LogP contribution in [0.3, 0.4) is 0 Å². The number of fused-ring (bicyclic) bond motifs is 1. The van der Waals surface area contributed by atoms with Gasteiger partial charge in [0.05, 0.1) is 0 Å². The van der Waals surface area contributed by atoms with Crippen LogP contribution >= 0.6 is 0 Å². The van der Waals surface area contributed by atoms with Gasteiger partial charge in [0.1, 0.15) is 0 Å². The van der Waals surface area contributed by atoms with Crippen molar-refractivity contribution in [3.63, 3.8) is 0 Å². The van der Waals surface area contributed by atoms with Gasteiger partial charge in [-0.15, -0.1) is 0 Å². The zero-order valence-corrected chi connectivity index (χ0v) is 14.0. The van der Waals surface area contributed by atoms with Gasteiger partial charge in [0.15, 0.2) is 0 Å². The van der Waals surface area contributed by atoms with Crippen molar-refractivity contribution in [2.75, 3.05) is 26.2 Å². The molecule has 23 heavy (non-hydrogen) atoms. The average Bonchev–Trinajstić information content (AvgIpc) is 3.03. The number of aryl methyl sites for hydroxylation is 1. The predicted octanol–water partition coefficient (Wildman–Crippen LogP) is 3.94. The highest BCUT2D eigenvalue weighted by Crippen LogP contribution is 2.26. The Kier molecular flexibility index (Phi) is 4.19. The fourth-order valence-electron chi connectivity index (χ4n) is 4.19.